The van der Waals surface area contributed by atoms with E-state index in [-0.39, 0.29) is 114 Å². The van der Waals surface area contributed by atoms with E-state index in [1.54, 1.807) is 36.4 Å². The summed E-state index contributed by atoms with van der Waals surface area (Å²) in [6.45, 7) is 1.90. The summed E-state index contributed by atoms with van der Waals surface area (Å²) < 4.78 is 27.8. The number of benzene rings is 2. The first kappa shape index (κ1) is 40.7. The van der Waals surface area contributed by atoms with E-state index in [0.29, 0.717) is 60.2 Å². The summed E-state index contributed by atoms with van der Waals surface area (Å²) in [5, 5.41) is 9.94. The molecule has 19 heteroatoms. The number of carbonyl (C=O) groups is 8. The fourth-order valence-electron chi connectivity index (χ4n) is 6.84. The standard InChI is InChI=1S/C38H44N6O13/c45-31-9-7-27(35(49)41-31)43-19-25-23(37(43)51)3-1-5-29(25)56-21-33(47)39-11-13-53-15-17-55-18-16-54-14-12-40-34(48)22-57-30-6-2-4-24-26(30)20-44(38(24)52)28-8-10-32(46)42-36(28)50/h1-6,27-28H,7-22H2,(H,39,47)(H,40,48)(H,41,45,49)(H,42,46,50). The third-order valence-corrected chi connectivity index (χ3v) is 9.68. The van der Waals surface area contributed by atoms with Crippen molar-refractivity contribution in [3.63, 3.8) is 0 Å². The van der Waals surface area contributed by atoms with Gasteiger partial charge in [-0.3, -0.25) is 49.0 Å². The van der Waals surface area contributed by atoms with Crippen LogP contribution in [-0.4, -0.2) is 135 Å². The van der Waals surface area contributed by atoms with E-state index in [0.717, 1.165) is 0 Å². The first-order valence-corrected chi connectivity index (χ1v) is 18.7. The van der Waals surface area contributed by atoms with E-state index in [1.807, 2.05) is 0 Å². The molecular weight excluding hydrogens is 748 g/mol. The SMILES string of the molecule is O=C(COc1cccc2c1CN(C1CCC(=O)NC1=O)C2=O)NCCOCCOCCOCCNC(=O)COc1cccc2c1CN(C1CCC(=O)NC1=O)C2=O. The summed E-state index contributed by atoms with van der Waals surface area (Å²) >= 11 is 0. The Morgan fingerprint density at radius 3 is 1.40 bits per heavy atom. The minimum absolute atomic E-state index is 0.136. The van der Waals surface area contributed by atoms with Crippen LogP contribution >= 0.6 is 0 Å². The molecule has 2 fully saturated rings. The molecule has 6 rings (SSSR count). The van der Waals surface area contributed by atoms with E-state index >= 15 is 0 Å². The number of hydrogen-bond donors (Lipinski definition) is 4. The van der Waals surface area contributed by atoms with E-state index in [4.69, 9.17) is 23.7 Å². The van der Waals surface area contributed by atoms with Crippen molar-refractivity contribution < 1.29 is 62.0 Å². The highest BCUT2D eigenvalue weighted by Gasteiger charge is 2.41. The smallest absolute Gasteiger partial charge is 0.258 e. The maximum Gasteiger partial charge on any atom is 0.258 e. The summed E-state index contributed by atoms with van der Waals surface area (Å²) in [6, 6.07) is 8.38. The summed E-state index contributed by atoms with van der Waals surface area (Å²) in [5.74, 6) is -2.41. The molecule has 2 atom stereocenters. The Hall–Kier alpha value is -5.92. The van der Waals surface area contributed by atoms with E-state index in [2.05, 4.69) is 21.3 Å². The number of amides is 8. The zero-order valence-corrected chi connectivity index (χ0v) is 31.1. The number of fused-ring (bicyclic) bond motifs is 2. The Morgan fingerprint density at radius 2 is 1.00 bits per heavy atom. The number of ether oxygens (including phenoxy) is 5. The topological polar surface area (TPSA) is 237 Å². The number of imide groups is 2. The third-order valence-electron chi connectivity index (χ3n) is 9.68. The number of hydrogen-bond acceptors (Lipinski definition) is 13. The molecule has 304 valence electrons. The van der Waals surface area contributed by atoms with Gasteiger partial charge >= 0.3 is 0 Å². The van der Waals surface area contributed by atoms with Crippen molar-refractivity contribution in [2.75, 3.05) is 65.9 Å². The van der Waals surface area contributed by atoms with Crippen LogP contribution < -0.4 is 30.7 Å². The molecular formula is C38H44N6O13. The first-order valence-electron chi connectivity index (χ1n) is 18.7. The minimum Gasteiger partial charge on any atom is -0.483 e. The number of nitrogens with one attached hydrogen (secondary N) is 4. The van der Waals surface area contributed by atoms with Gasteiger partial charge in [0.2, 0.25) is 23.6 Å². The molecule has 2 saturated heterocycles. The molecule has 0 spiro atoms. The predicted octanol–water partition coefficient (Wildman–Crippen LogP) is -1.05. The molecule has 0 radical (unpaired) electrons. The molecule has 4 aliphatic rings. The van der Waals surface area contributed by atoms with Crippen LogP contribution in [0.5, 0.6) is 11.5 Å². The second-order valence-electron chi connectivity index (χ2n) is 13.5. The highest BCUT2D eigenvalue weighted by atomic mass is 16.5. The number of nitrogens with zero attached hydrogens (tertiary/aromatic N) is 2. The molecule has 8 amide bonds. The molecule has 4 aliphatic heterocycles. The Morgan fingerprint density at radius 1 is 0.596 bits per heavy atom. The van der Waals surface area contributed by atoms with Gasteiger partial charge in [0.15, 0.2) is 13.2 Å². The number of carbonyl (C=O) groups excluding carboxylic acids is 8. The van der Waals surface area contributed by atoms with Crippen LogP contribution in [0.25, 0.3) is 0 Å². The monoisotopic (exact) mass is 792 g/mol. The lowest BCUT2D eigenvalue weighted by atomic mass is 10.0. The van der Waals surface area contributed by atoms with Gasteiger partial charge in [0.1, 0.15) is 23.6 Å². The molecule has 2 aromatic carbocycles. The highest BCUT2D eigenvalue weighted by Crippen LogP contribution is 2.35. The van der Waals surface area contributed by atoms with Crippen LogP contribution in [-0.2, 0) is 56.1 Å². The molecule has 19 nitrogen and oxygen atoms in total. The van der Waals surface area contributed by atoms with Crippen LogP contribution in [0, 0.1) is 0 Å². The predicted molar refractivity (Wildman–Crippen MR) is 194 cm³/mol. The molecule has 57 heavy (non-hydrogen) atoms. The summed E-state index contributed by atoms with van der Waals surface area (Å²) in [4.78, 5) is 101. The van der Waals surface area contributed by atoms with Gasteiger partial charge in [-0.15, -0.1) is 0 Å². The van der Waals surface area contributed by atoms with Gasteiger partial charge in [-0.1, -0.05) is 12.1 Å². The Labute approximate surface area is 327 Å². The normalized spacial score (nSPS) is 18.9. The van der Waals surface area contributed by atoms with Gasteiger partial charge in [-0.25, -0.2) is 0 Å². The molecule has 4 heterocycles. The lowest BCUT2D eigenvalue weighted by Crippen LogP contribution is -2.52. The summed E-state index contributed by atoms with van der Waals surface area (Å²) in [6.07, 6.45) is 0.801. The number of piperidine rings is 2. The summed E-state index contributed by atoms with van der Waals surface area (Å²) in [5.41, 5.74) is 1.95. The summed E-state index contributed by atoms with van der Waals surface area (Å²) in [7, 11) is 0. The van der Waals surface area contributed by atoms with Crippen molar-refractivity contribution in [2.45, 2.75) is 50.9 Å². The van der Waals surface area contributed by atoms with E-state index in [9.17, 15) is 38.4 Å². The van der Waals surface area contributed by atoms with Gasteiger partial charge in [0.25, 0.3) is 23.6 Å². The third kappa shape index (κ3) is 10.3. The first-order chi connectivity index (χ1) is 27.6. The van der Waals surface area contributed by atoms with Crippen molar-refractivity contribution in [3.05, 3.63) is 58.7 Å². The van der Waals surface area contributed by atoms with Crippen molar-refractivity contribution >= 4 is 47.3 Å². The van der Waals surface area contributed by atoms with Crippen molar-refractivity contribution in [3.8, 4) is 11.5 Å². The van der Waals surface area contributed by atoms with Crippen molar-refractivity contribution in [1.82, 2.24) is 31.1 Å². The van der Waals surface area contributed by atoms with Gasteiger partial charge < -0.3 is 44.1 Å². The fourth-order valence-corrected chi connectivity index (χ4v) is 6.84. The van der Waals surface area contributed by atoms with Gasteiger partial charge in [0.05, 0.1) is 52.7 Å². The van der Waals surface area contributed by atoms with Crippen molar-refractivity contribution in [2.24, 2.45) is 0 Å². The minimum atomic E-state index is -0.748. The van der Waals surface area contributed by atoms with Gasteiger partial charge in [-0.2, -0.15) is 0 Å². The highest BCUT2D eigenvalue weighted by molar-refractivity contribution is 6.06. The number of rotatable bonds is 20. The van der Waals surface area contributed by atoms with Crippen LogP contribution in [0.15, 0.2) is 36.4 Å². The maximum absolute atomic E-state index is 13.0. The van der Waals surface area contributed by atoms with Crippen LogP contribution in [0.3, 0.4) is 0 Å². The lowest BCUT2D eigenvalue weighted by molar-refractivity contribution is -0.138. The lowest BCUT2D eigenvalue weighted by Gasteiger charge is -2.29. The molecule has 2 aromatic rings. The van der Waals surface area contributed by atoms with Crippen molar-refractivity contribution in [1.29, 1.82) is 0 Å². The maximum atomic E-state index is 13.0. The van der Waals surface area contributed by atoms with Crippen LogP contribution in [0.4, 0.5) is 0 Å². The average molecular weight is 793 g/mol. The second kappa shape index (κ2) is 19.3. The molecule has 0 aromatic heterocycles. The quantitative estimate of drug-likeness (QED) is 0.0927. The Balaban J connectivity index is 0.759. The molecule has 4 N–H and O–H groups in total. The molecule has 0 bridgehead atoms. The van der Waals surface area contributed by atoms with Gasteiger partial charge in [-0.05, 0) is 37.1 Å². The second-order valence-corrected chi connectivity index (χ2v) is 13.5. The zero-order valence-electron chi connectivity index (χ0n) is 31.1. The van der Waals surface area contributed by atoms with E-state index < -0.39 is 23.9 Å². The zero-order chi connectivity index (χ0) is 40.3. The van der Waals surface area contributed by atoms with E-state index in [1.165, 1.54) is 9.80 Å². The van der Waals surface area contributed by atoms with Gasteiger partial charge in [0, 0.05) is 48.2 Å². The molecule has 0 aliphatic carbocycles. The molecule has 2 unspecified atom stereocenters. The Bertz CT molecular complexity index is 1770. The Kier molecular flexibility index (Phi) is 13.8. The van der Waals surface area contributed by atoms with Crippen LogP contribution in [0.1, 0.15) is 57.5 Å². The largest absolute Gasteiger partial charge is 0.483 e. The average Bonchev–Trinajstić information content (AvgIpc) is 3.71. The molecule has 0 saturated carbocycles. The van der Waals surface area contributed by atoms with Crippen LogP contribution in [0.2, 0.25) is 0 Å². The fraction of sp³-hybridized carbons (Fsp3) is 0.474.